The average molecular weight is 485 g/mol. The van der Waals surface area contributed by atoms with Crippen LogP contribution < -0.4 is 5.32 Å². The third-order valence-corrected chi connectivity index (χ3v) is 5.64. The number of fused-ring (bicyclic) bond motifs is 1. The first-order chi connectivity index (χ1) is 16.1. The SMILES string of the molecule is CCC(=O)CCCCCC(NC(=O)OC(C)(C)C)c1ncc(-c2ccc3nc(Cl)ccc3c2)[nH]1. The number of halogens is 1. The van der Waals surface area contributed by atoms with Crippen LogP contribution in [0.5, 0.6) is 0 Å². The molecule has 0 spiro atoms. The van der Waals surface area contributed by atoms with E-state index >= 15 is 0 Å². The minimum atomic E-state index is -0.592. The highest BCUT2D eigenvalue weighted by atomic mass is 35.5. The lowest BCUT2D eigenvalue weighted by molar-refractivity contribution is -0.118. The van der Waals surface area contributed by atoms with Gasteiger partial charge in [0.25, 0.3) is 0 Å². The molecule has 1 atom stereocenters. The highest BCUT2D eigenvalue weighted by Crippen LogP contribution is 2.26. The molecule has 3 aromatic rings. The third-order valence-electron chi connectivity index (χ3n) is 5.43. The summed E-state index contributed by atoms with van der Waals surface area (Å²) in [5, 5.41) is 4.39. The Morgan fingerprint density at radius 3 is 2.68 bits per heavy atom. The van der Waals surface area contributed by atoms with E-state index < -0.39 is 11.7 Å². The molecular formula is C26H33ClN4O3. The molecule has 0 fully saturated rings. The van der Waals surface area contributed by atoms with Crippen molar-refractivity contribution in [2.45, 2.75) is 77.9 Å². The number of nitrogens with zero attached hydrogens (tertiary/aromatic N) is 2. The second-order valence-corrected chi connectivity index (χ2v) is 9.80. The first-order valence-corrected chi connectivity index (χ1v) is 12.1. The van der Waals surface area contributed by atoms with Gasteiger partial charge in [-0.1, -0.05) is 37.4 Å². The summed E-state index contributed by atoms with van der Waals surface area (Å²) in [6.07, 6.45) is 5.77. The van der Waals surface area contributed by atoms with Gasteiger partial charge in [0.2, 0.25) is 0 Å². The summed E-state index contributed by atoms with van der Waals surface area (Å²) in [6, 6.07) is 9.28. The highest BCUT2D eigenvalue weighted by Gasteiger charge is 2.22. The van der Waals surface area contributed by atoms with Crippen LogP contribution in [-0.4, -0.2) is 32.4 Å². The van der Waals surface area contributed by atoms with E-state index in [1.807, 2.05) is 52.0 Å². The van der Waals surface area contributed by atoms with E-state index in [4.69, 9.17) is 16.3 Å². The second kappa shape index (κ2) is 11.5. The molecule has 0 saturated heterocycles. The minimum Gasteiger partial charge on any atom is -0.444 e. The van der Waals surface area contributed by atoms with Crippen molar-refractivity contribution in [3.05, 3.63) is 47.5 Å². The number of rotatable bonds is 10. The summed E-state index contributed by atoms with van der Waals surface area (Å²) in [5.41, 5.74) is 2.04. The lowest BCUT2D eigenvalue weighted by atomic mass is 10.0. The predicted octanol–water partition coefficient (Wildman–Crippen LogP) is 6.77. The van der Waals surface area contributed by atoms with Gasteiger partial charge in [0.05, 0.1) is 23.4 Å². The molecular weight excluding hydrogens is 452 g/mol. The topological polar surface area (TPSA) is 97.0 Å². The maximum atomic E-state index is 12.5. The van der Waals surface area contributed by atoms with E-state index in [-0.39, 0.29) is 11.8 Å². The van der Waals surface area contributed by atoms with Crippen molar-refractivity contribution < 1.29 is 14.3 Å². The maximum Gasteiger partial charge on any atom is 0.408 e. The standard InChI is InChI=1S/C26H33ClN4O3/c1-5-19(32)9-7-6-8-10-21(31-25(33)34-26(2,3)4)24-28-16-22(30-24)18-11-13-20-17(15-18)12-14-23(27)29-20/h11-16,21H,5-10H2,1-4H3,(H,28,30)(H,31,33). The summed E-state index contributed by atoms with van der Waals surface area (Å²) in [4.78, 5) is 36.3. The van der Waals surface area contributed by atoms with Crippen LogP contribution in [0.1, 0.15) is 78.1 Å². The summed E-state index contributed by atoms with van der Waals surface area (Å²) < 4.78 is 5.46. The van der Waals surface area contributed by atoms with Crippen molar-refractivity contribution in [1.82, 2.24) is 20.3 Å². The van der Waals surface area contributed by atoms with Gasteiger partial charge in [-0.2, -0.15) is 0 Å². The van der Waals surface area contributed by atoms with Crippen LogP contribution in [0.4, 0.5) is 4.79 Å². The Kier molecular flexibility index (Phi) is 8.67. The molecule has 0 aliphatic carbocycles. The molecule has 2 N–H and O–H groups in total. The van der Waals surface area contributed by atoms with Gasteiger partial charge in [0.15, 0.2) is 0 Å². The Labute approximate surface area is 205 Å². The number of aromatic amines is 1. The van der Waals surface area contributed by atoms with Gasteiger partial charge in [-0.05, 0) is 57.9 Å². The normalized spacial score (nSPS) is 12.5. The van der Waals surface area contributed by atoms with Crippen LogP contribution >= 0.6 is 11.6 Å². The molecule has 0 bridgehead atoms. The molecule has 0 aliphatic heterocycles. The maximum absolute atomic E-state index is 12.5. The van der Waals surface area contributed by atoms with E-state index in [2.05, 4.69) is 20.3 Å². The van der Waals surface area contributed by atoms with Gasteiger partial charge < -0.3 is 15.0 Å². The van der Waals surface area contributed by atoms with Crippen LogP contribution in [-0.2, 0) is 9.53 Å². The number of ether oxygens (including phenoxy) is 1. The first-order valence-electron chi connectivity index (χ1n) is 11.8. The number of carbonyl (C=O) groups excluding carboxylic acids is 2. The number of benzene rings is 1. The zero-order chi connectivity index (χ0) is 24.7. The van der Waals surface area contributed by atoms with Crippen LogP contribution in [0.3, 0.4) is 0 Å². The number of imidazole rings is 1. The monoisotopic (exact) mass is 484 g/mol. The van der Waals surface area contributed by atoms with Gasteiger partial charge in [-0.25, -0.2) is 14.8 Å². The molecule has 3 rings (SSSR count). The largest absolute Gasteiger partial charge is 0.444 e. The number of aromatic nitrogens is 3. The van der Waals surface area contributed by atoms with Gasteiger partial charge in [-0.3, -0.25) is 4.79 Å². The minimum absolute atomic E-state index is 0.284. The number of unbranched alkanes of at least 4 members (excludes halogenated alkanes) is 2. The summed E-state index contributed by atoms with van der Waals surface area (Å²) in [6.45, 7) is 7.38. The molecule has 0 saturated carbocycles. The number of pyridine rings is 1. The molecule has 8 heteroatoms. The fourth-order valence-electron chi connectivity index (χ4n) is 3.68. The van der Waals surface area contributed by atoms with Crippen molar-refractivity contribution in [3.63, 3.8) is 0 Å². The van der Waals surface area contributed by atoms with Crippen molar-refractivity contribution in [3.8, 4) is 11.3 Å². The van der Waals surface area contributed by atoms with Crippen molar-refractivity contribution >= 4 is 34.4 Å². The van der Waals surface area contributed by atoms with E-state index in [9.17, 15) is 9.59 Å². The van der Waals surface area contributed by atoms with Gasteiger partial charge in [0.1, 0.15) is 22.4 Å². The number of Topliss-reactive ketones (excluding diaryl/α,β-unsaturated/α-hetero) is 1. The van der Waals surface area contributed by atoms with Gasteiger partial charge in [-0.15, -0.1) is 0 Å². The van der Waals surface area contributed by atoms with Gasteiger partial charge in [0, 0.05) is 23.8 Å². The number of alkyl carbamates (subject to hydrolysis) is 1. The Morgan fingerprint density at radius 1 is 1.15 bits per heavy atom. The van der Waals surface area contributed by atoms with Crippen molar-refractivity contribution in [1.29, 1.82) is 0 Å². The Hall–Kier alpha value is -2.93. The number of ketones is 1. The van der Waals surface area contributed by atoms with E-state index in [0.29, 0.717) is 30.2 Å². The Morgan fingerprint density at radius 2 is 1.94 bits per heavy atom. The molecule has 1 unspecified atom stereocenters. The first kappa shape index (κ1) is 25.7. The summed E-state index contributed by atoms with van der Waals surface area (Å²) in [5.74, 6) is 0.951. The summed E-state index contributed by atoms with van der Waals surface area (Å²) >= 11 is 5.99. The lowest BCUT2D eigenvalue weighted by Crippen LogP contribution is -2.35. The second-order valence-electron chi connectivity index (χ2n) is 9.41. The molecule has 1 aromatic carbocycles. The molecule has 2 heterocycles. The highest BCUT2D eigenvalue weighted by molar-refractivity contribution is 6.29. The number of nitrogens with one attached hydrogen (secondary N) is 2. The van der Waals surface area contributed by atoms with Crippen LogP contribution in [0.25, 0.3) is 22.2 Å². The molecule has 0 radical (unpaired) electrons. The zero-order valence-corrected chi connectivity index (χ0v) is 21.0. The van der Waals surface area contributed by atoms with Crippen LogP contribution in [0.2, 0.25) is 5.15 Å². The smallest absolute Gasteiger partial charge is 0.408 e. The molecule has 2 aromatic heterocycles. The summed E-state index contributed by atoms with van der Waals surface area (Å²) in [7, 11) is 0. The molecule has 182 valence electrons. The number of H-pyrrole nitrogens is 1. The Balaban J connectivity index is 1.73. The van der Waals surface area contributed by atoms with Crippen molar-refractivity contribution in [2.24, 2.45) is 0 Å². The third kappa shape index (κ3) is 7.55. The molecule has 1 amide bonds. The number of hydrogen-bond donors (Lipinski definition) is 2. The lowest BCUT2D eigenvalue weighted by Gasteiger charge is -2.23. The average Bonchev–Trinajstić information content (AvgIpc) is 3.26. The zero-order valence-electron chi connectivity index (χ0n) is 20.3. The predicted molar refractivity (Wildman–Crippen MR) is 135 cm³/mol. The fraction of sp³-hybridized carbons (Fsp3) is 0.462. The number of hydrogen-bond acceptors (Lipinski definition) is 5. The number of carbonyl (C=O) groups is 2. The van der Waals surface area contributed by atoms with Crippen LogP contribution in [0, 0.1) is 0 Å². The fourth-order valence-corrected chi connectivity index (χ4v) is 3.83. The molecule has 0 aliphatic rings. The molecule has 34 heavy (non-hydrogen) atoms. The molecule has 7 nitrogen and oxygen atoms in total. The van der Waals surface area contributed by atoms with E-state index in [1.165, 1.54) is 0 Å². The van der Waals surface area contributed by atoms with E-state index in [0.717, 1.165) is 41.4 Å². The Bertz CT molecular complexity index is 1140. The number of amides is 1. The quantitative estimate of drug-likeness (QED) is 0.244. The van der Waals surface area contributed by atoms with Gasteiger partial charge >= 0.3 is 6.09 Å². The van der Waals surface area contributed by atoms with E-state index in [1.54, 1.807) is 12.3 Å². The van der Waals surface area contributed by atoms with Crippen molar-refractivity contribution in [2.75, 3.05) is 0 Å². The van der Waals surface area contributed by atoms with Crippen LogP contribution in [0.15, 0.2) is 36.5 Å².